The van der Waals surface area contributed by atoms with Crippen molar-refractivity contribution < 1.29 is 5.11 Å². The van der Waals surface area contributed by atoms with E-state index in [1.807, 2.05) is 12.1 Å². The quantitative estimate of drug-likeness (QED) is 0.873. The first-order valence-electron chi connectivity index (χ1n) is 5.21. The number of nitrogens with one attached hydrogen (secondary N) is 1. The lowest BCUT2D eigenvalue weighted by Gasteiger charge is -2.12. The van der Waals surface area contributed by atoms with Crippen LogP contribution < -0.4 is 5.32 Å². The maximum absolute atomic E-state index is 8.77. The van der Waals surface area contributed by atoms with Gasteiger partial charge in [0.05, 0.1) is 5.56 Å². The Bertz CT molecular complexity index is 387. The predicted molar refractivity (Wildman–Crippen MR) is 68.2 cm³/mol. The Morgan fingerprint density at radius 2 is 2.31 bits per heavy atom. The molecule has 0 fully saturated rings. The van der Waals surface area contributed by atoms with Gasteiger partial charge < -0.3 is 10.4 Å². The molecule has 0 aromatic heterocycles. The highest BCUT2D eigenvalue weighted by atomic mass is 79.9. The minimum Gasteiger partial charge on any atom is -0.396 e. The second-order valence-electron chi connectivity index (χ2n) is 3.80. The van der Waals surface area contributed by atoms with Crippen molar-refractivity contribution in [3.8, 4) is 6.07 Å². The number of hydrogen-bond acceptors (Lipinski definition) is 3. The Labute approximate surface area is 104 Å². The van der Waals surface area contributed by atoms with Crippen molar-refractivity contribution in [3.63, 3.8) is 0 Å². The highest BCUT2D eigenvalue weighted by molar-refractivity contribution is 9.10. The number of nitriles is 1. The molecule has 3 nitrogen and oxygen atoms in total. The molecule has 4 heteroatoms. The van der Waals surface area contributed by atoms with Gasteiger partial charge >= 0.3 is 0 Å². The number of nitrogens with zero attached hydrogens (tertiary/aromatic N) is 1. The molecule has 86 valence electrons. The molecule has 0 heterocycles. The van der Waals surface area contributed by atoms with E-state index in [9.17, 15) is 0 Å². The van der Waals surface area contributed by atoms with E-state index >= 15 is 0 Å². The van der Waals surface area contributed by atoms with E-state index in [0.717, 1.165) is 23.1 Å². The third kappa shape index (κ3) is 3.84. The minimum absolute atomic E-state index is 0.222. The van der Waals surface area contributed by atoms with Gasteiger partial charge in [-0.05, 0) is 46.5 Å². The zero-order valence-electron chi connectivity index (χ0n) is 9.20. The molecular weight excluding hydrogens is 268 g/mol. The van der Waals surface area contributed by atoms with Crippen LogP contribution in [0.1, 0.15) is 18.9 Å². The Hall–Kier alpha value is -1.05. The van der Waals surface area contributed by atoms with E-state index in [4.69, 9.17) is 10.4 Å². The Balaban J connectivity index is 2.56. The van der Waals surface area contributed by atoms with Crippen LogP contribution in [-0.2, 0) is 0 Å². The molecule has 1 unspecified atom stereocenters. The number of anilines is 1. The van der Waals surface area contributed by atoms with Crippen LogP contribution in [0.5, 0.6) is 0 Å². The molecular formula is C12H15BrN2O. The molecule has 0 aliphatic carbocycles. The van der Waals surface area contributed by atoms with Crippen molar-refractivity contribution >= 4 is 21.6 Å². The van der Waals surface area contributed by atoms with Gasteiger partial charge in [-0.3, -0.25) is 0 Å². The van der Waals surface area contributed by atoms with Crippen molar-refractivity contribution in [3.05, 3.63) is 28.2 Å². The van der Waals surface area contributed by atoms with Gasteiger partial charge in [0.15, 0.2) is 0 Å². The summed E-state index contributed by atoms with van der Waals surface area (Å²) in [6, 6.07) is 7.66. The van der Waals surface area contributed by atoms with Crippen molar-refractivity contribution in [1.29, 1.82) is 5.26 Å². The van der Waals surface area contributed by atoms with Crippen molar-refractivity contribution in [2.45, 2.75) is 13.3 Å². The van der Waals surface area contributed by atoms with E-state index in [1.165, 1.54) is 0 Å². The standard InChI is InChI=1S/C12H15BrN2O/c1-9(4-5-16)8-15-11-3-2-10(7-14)12(13)6-11/h2-3,6,9,15-16H,4-5,8H2,1H3. The van der Waals surface area contributed by atoms with Gasteiger partial charge in [-0.1, -0.05) is 6.92 Å². The monoisotopic (exact) mass is 282 g/mol. The maximum Gasteiger partial charge on any atom is 0.100 e. The summed E-state index contributed by atoms with van der Waals surface area (Å²) >= 11 is 3.34. The van der Waals surface area contributed by atoms with Crippen LogP contribution in [0.4, 0.5) is 5.69 Å². The maximum atomic E-state index is 8.77. The summed E-state index contributed by atoms with van der Waals surface area (Å²) in [5.41, 5.74) is 1.62. The number of rotatable bonds is 5. The van der Waals surface area contributed by atoms with Gasteiger partial charge in [0, 0.05) is 23.3 Å². The smallest absolute Gasteiger partial charge is 0.100 e. The van der Waals surface area contributed by atoms with Crippen molar-refractivity contribution in [2.24, 2.45) is 5.92 Å². The molecule has 0 aliphatic rings. The SMILES string of the molecule is CC(CCO)CNc1ccc(C#N)c(Br)c1. The lowest BCUT2D eigenvalue weighted by molar-refractivity contribution is 0.266. The molecule has 0 aliphatic heterocycles. The summed E-state index contributed by atoms with van der Waals surface area (Å²) in [4.78, 5) is 0. The summed E-state index contributed by atoms with van der Waals surface area (Å²) in [6.45, 7) is 3.13. The topological polar surface area (TPSA) is 56.0 Å². The first-order chi connectivity index (χ1) is 7.67. The van der Waals surface area contributed by atoms with Crippen LogP contribution in [0.3, 0.4) is 0 Å². The molecule has 2 N–H and O–H groups in total. The molecule has 1 rings (SSSR count). The number of hydrogen-bond donors (Lipinski definition) is 2. The average molecular weight is 283 g/mol. The molecule has 0 saturated carbocycles. The number of aliphatic hydroxyl groups is 1. The zero-order chi connectivity index (χ0) is 12.0. The fraction of sp³-hybridized carbons (Fsp3) is 0.417. The molecule has 16 heavy (non-hydrogen) atoms. The molecule has 1 atom stereocenters. The van der Waals surface area contributed by atoms with E-state index in [0.29, 0.717) is 11.5 Å². The number of benzene rings is 1. The molecule has 1 aromatic carbocycles. The van der Waals surface area contributed by atoms with Crippen molar-refractivity contribution in [2.75, 3.05) is 18.5 Å². The van der Waals surface area contributed by atoms with Gasteiger partial charge in [-0.2, -0.15) is 5.26 Å². The summed E-state index contributed by atoms with van der Waals surface area (Å²) in [7, 11) is 0. The second-order valence-corrected chi connectivity index (χ2v) is 4.66. The Morgan fingerprint density at radius 1 is 1.56 bits per heavy atom. The van der Waals surface area contributed by atoms with Crippen LogP contribution in [0.25, 0.3) is 0 Å². The Morgan fingerprint density at radius 3 is 2.88 bits per heavy atom. The lowest BCUT2D eigenvalue weighted by atomic mass is 10.1. The van der Waals surface area contributed by atoms with Crippen LogP contribution >= 0.6 is 15.9 Å². The molecule has 0 radical (unpaired) electrons. The second kappa shape index (κ2) is 6.51. The number of aliphatic hydroxyl groups excluding tert-OH is 1. The van der Waals surface area contributed by atoms with E-state index in [1.54, 1.807) is 6.07 Å². The summed E-state index contributed by atoms with van der Waals surface area (Å²) in [6.07, 6.45) is 0.796. The third-order valence-corrected chi connectivity index (χ3v) is 3.02. The van der Waals surface area contributed by atoms with Crippen LogP contribution in [-0.4, -0.2) is 18.3 Å². The molecule has 0 bridgehead atoms. The highest BCUT2D eigenvalue weighted by Crippen LogP contribution is 2.21. The summed E-state index contributed by atoms with van der Waals surface area (Å²) in [5, 5.41) is 20.8. The van der Waals surface area contributed by atoms with Gasteiger partial charge in [0.25, 0.3) is 0 Å². The van der Waals surface area contributed by atoms with E-state index < -0.39 is 0 Å². The van der Waals surface area contributed by atoms with Gasteiger partial charge in [-0.25, -0.2) is 0 Å². The van der Waals surface area contributed by atoms with Crippen molar-refractivity contribution in [1.82, 2.24) is 0 Å². The first-order valence-corrected chi connectivity index (χ1v) is 6.01. The Kier molecular flexibility index (Phi) is 5.30. The largest absolute Gasteiger partial charge is 0.396 e. The summed E-state index contributed by atoms with van der Waals surface area (Å²) in [5.74, 6) is 0.430. The molecule has 0 saturated heterocycles. The lowest BCUT2D eigenvalue weighted by Crippen LogP contribution is -2.12. The van der Waals surface area contributed by atoms with Crippen LogP contribution in [0.15, 0.2) is 22.7 Å². The normalized spacial score (nSPS) is 11.9. The zero-order valence-corrected chi connectivity index (χ0v) is 10.8. The fourth-order valence-electron chi connectivity index (χ4n) is 1.33. The highest BCUT2D eigenvalue weighted by Gasteiger charge is 2.03. The summed E-state index contributed by atoms with van der Waals surface area (Å²) < 4.78 is 0.801. The van der Waals surface area contributed by atoms with E-state index in [-0.39, 0.29) is 6.61 Å². The minimum atomic E-state index is 0.222. The molecule has 0 amide bonds. The molecule has 1 aromatic rings. The van der Waals surface area contributed by atoms with E-state index in [2.05, 4.69) is 34.2 Å². The van der Waals surface area contributed by atoms with Crippen LogP contribution in [0, 0.1) is 17.2 Å². The van der Waals surface area contributed by atoms with Gasteiger partial charge in [0.2, 0.25) is 0 Å². The third-order valence-electron chi connectivity index (χ3n) is 2.37. The first kappa shape index (κ1) is 13.0. The van der Waals surface area contributed by atoms with Crippen LogP contribution in [0.2, 0.25) is 0 Å². The molecule has 0 spiro atoms. The average Bonchev–Trinajstić information content (AvgIpc) is 2.27. The van der Waals surface area contributed by atoms with Gasteiger partial charge in [-0.15, -0.1) is 0 Å². The predicted octanol–water partition coefficient (Wildman–Crippen LogP) is 2.75. The van der Waals surface area contributed by atoms with Gasteiger partial charge in [0.1, 0.15) is 6.07 Å². The fourth-order valence-corrected chi connectivity index (χ4v) is 1.80. The number of halogens is 1.